The van der Waals surface area contributed by atoms with Crippen LogP contribution in [0, 0.1) is 18.3 Å². The summed E-state index contributed by atoms with van der Waals surface area (Å²) in [6.07, 6.45) is 1.30. The Hall–Kier alpha value is -1.99. The first kappa shape index (κ1) is 14.4. The molecule has 4 heteroatoms. The van der Waals surface area contributed by atoms with Gasteiger partial charge in [-0.15, -0.1) is 11.3 Å². The molecule has 104 valence electrons. The van der Waals surface area contributed by atoms with Gasteiger partial charge in [0.1, 0.15) is 5.75 Å². The van der Waals surface area contributed by atoms with Gasteiger partial charge in [-0.3, -0.25) is 0 Å². The molecule has 2 aromatic rings. The molecule has 0 unspecified atom stereocenters. The number of anilines is 1. The molecule has 0 radical (unpaired) electrons. The summed E-state index contributed by atoms with van der Waals surface area (Å²) < 4.78 is 5.62. The zero-order chi connectivity index (χ0) is 14.2. The Bertz CT molecular complexity index is 586. The highest BCUT2D eigenvalue weighted by atomic mass is 32.1. The smallest absolute Gasteiger partial charge is 0.121 e. The normalized spacial score (nSPS) is 10.0. The van der Waals surface area contributed by atoms with Gasteiger partial charge in [-0.2, -0.15) is 5.26 Å². The van der Waals surface area contributed by atoms with E-state index in [0.29, 0.717) is 13.0 Å². The first-order valence-corrected chi connectivity index (χ1v) is 7.54. The zero-order valence-electron chi connectivity index (χ0n) is 11.6. The van der Waals surface area contributed by atoms with Crippen LogP contribution in [0.5, 0.6) is 5.75 Å². The van der Waals surface area contributed by atoms with Crippen molar-refractivity contribution in [3.05, 3.63) is 46.2 Å². The summed E-state index contributed by atoms with van der Waals surface area (Å²) in [5.74, 6) is 0.843. The number of thiophene rings is 1. The number of nitriles is 1. The van der Waals surface area contributed by atoms with Crippen molar-refractivity contribution in [3.63, 3.8) is 0 Å². The number of nitrogens with one attached hydrogen (secondary N) is 1. The third-order valence-electron chi connectivity index (χ3n) is 2.96. The number of rotatable bonds is 7. The van der Waals surface area contributed by atoms with Crippen molar-refractivity contribution in [2.75, 3.05) is 11.9 Å². The fraction of sp³-hybridized carbons (Fsp3) is 0.312. The van der Waals surface area contributed by atoms with Crippen LogP contribution in [-0.2, 0) is 6.54 Å². The summed E-state index contributed by atoms with van der Waals surface area (Å²) >= 11 is 1.77. The molecule has 1 heterocycles. The topological polar surface area (TPSA) is 45.0 Å². The lowest BCUT2D eigenvalue weighted by atomic mass is 10.2. The molecule has 0 saturated carbocycles. The number of unbranched alkanes of at least 4 members (excludes halogenated alkanes) is 1. The van der Waals surface area contributed by atoms with Gasteiger partial charge in [0.15, 0.2) is 0 Å². The maximum absolute atomic E-state index is 8.48. The molecule has 0 spiro atoms. The first-order valence-electron chi connectivity index (χ1n) is 6.66. The summed E-state index contributed by atoms with van der Waals surface area (Å²) in [5, 5.41) is 14.0. The summed E-state index contributed by atoms with van der Waals surface area (Å²) in [5.41, 5.74) is 2.38. The second kappa shape index (κ2) is 7.56. The number of aryl methyl sites for hydroxylation is 1. The molecule has 3 nitrogen and oxygen atoms in total. The lowest BCUT2D eigenvalue weighted by molar-refractivity contribution is 0.313. The van der Waals surface area contributed by atoms with E-state index in [1.165, 1.54) is 10.4 Å². The maximum Gasteiger partial charge on any atom is 0.121 e. The summed E-state index contributed by atoms with van der Waals surface area (Å²) in [7, 11) is 0. The summed E-state index contributed by atoms with van der Waals surface area (Å²) in [4.78, 5) is 1.35. The molecule has 0 bridgehead atoms. The minimum absolute atomic E-state index is 0.537. The van der Waals surface area contributed by atoms with Gasteiger partial charge in [0.2, 0.25) is 0 Å². The molecule has 2 rings (SSSR count). The Labute approximate surface area is 123 Å². The molecule has 0 saturated heterocycles. The van der Waals surface area contributed by atoms with Gasteiger partial charge in [0.25, 0.3) is 0 Å². The average Bonchev–Trinajstić information content (AvgIpc) is 2.87. The fourth-order valence-electron chi connectivity index (χ4n) is 1.80. The van der Waals surface area contributed by atoms with Crippen molar-refractivity contribution in [1.82, 2.24) is 0 Å². The first-order chi connectivity index (χ1) is 9.79. The number of benzene rings is 1. The predicted octanol–water partition coefficient (Wildman–Crippen LogP) is 4.35. The highest BCUT2D eigenvalue weighted by molar-refractivity contribution is 7.10. The van der Waals surface area contributed by atoms with Crippen LogP contribution in [0.25, 0.3) is 0 Å². The van der Waals surface area contributed by atoms with Crippen molar-refractivity contribution in [2.45, 2.75) is 26.3 Å². The molecule has 0 aliphatic rings. The lowest BCUT2D eigenvalue weighted by Gasteiger charge is -2.09. The fourth-order valence-corrected chi connectivity index (χ4v) is 2.65. The summed E-state index contributed by atoms with van der Waals surface area (Å²) in [6, 6.07) is 12.2. The SMILES string of the molecule is Cc1ccsc1CNc1cccc(OCCCC#N)c1. The van der Waals surface area contributed by atoms with E-state index in [4.69, 9.17) is 10.00 Å². The molecule has 0 atom stereocenters. The van der Waals surface area contributed by atoms with E-state index in [0.717, 1.165) is 24.4 Å². The third-order valence-corrected chi connectivity index (χ3v) is 3.98. The van der Waals surface area contributed by atoms with E-state index in [1.54, 1.807) is 11.3 Å². The molecule has 20 heavy (non-hydrogen) atoms. The molecular formula is C16H18N2OS. The molecule has 0 amide bonds. The molecule has 1 aromatic heterocycles. The Balaban J connectivity index is 1.86. The highest BCUT2D eigenvalue weighted by Gasteiger charge is 2.01. The number of ether oxygens (including phenoxy) is 1. The van der Waals surface area contributed by atoms with Gasteiger partial charge in [-0.05, 0) is 42.5 Å². The van der Waals surface area contributed by atoms with E-state index in [2.05, 4.69) is 29.8 Å². The van der Waals surface area contributed by atoms with Crippen LogP contribution < -0.4 is 10.1 Å². The molecule has 1 aromatic carbocycles. The molecule has 0 aliphatic carbocycles. The second-order valence-electron chi connectivity index (χ2n) is 4.52. The van der Waals surface area contributed by atoms with E-state index in [1.807, 2.05) is 24.3 Å². The van der Waals surface area contributed by atoms with Crippen LogP contribution in [0.2, 0.25) is 0 Å². The Morgan fingerprint density at radius 2 is 2.25 bits per heavy atom. The zero-order valence-corrected chi connectivity index (χ0v) is 12.4. The van der Waals surface area contributed by atoms with E-state index in [9.17, 15) is 0 Å². The van der Waals surface area contributed by atoms with Crippen LogP contribution in [0.3, 0.4) is 0 Å². The highest BCUT2D eigenvalue weighted by Crippen LogP contribution is 2.21. The van der Waals surface area contributed by atoms with Crippen molar-refractivity contribution >= 4 is 17.0 Å². The minimum Gasteiger partial charge on any atom is -0.493 e. The second-order valence-corrected chi connectivity index (χ2v) is 5.52. The van der Waals surface area contributed by atoms with E-state index in [-0.39, 0.29) is 0 Å². The van der Waals surface area contributed by atoms with Crippen LogP contribution in [0.1, 0.15) is 23.3 Å². The number of nitrogens with zero attached hydrogens (tertiary/aromatic N) is 1. The van der Waals surface area contributed by atoms with Crippen LogP contribution >= 0.6 is 11.3 Å². The molecule has 0 aliphatic heterocycles. The van der Waals surface area contributed by atoms with Gasteiger partial charge in [-0.25, -0.2) is 0 Å². The molecule has 1 N–H and O–H groups in total. The Morgan fingerprint density at radius 1 is 1.35 bits per heavy atom. The van der Waals surface area contributed by atoms with Gasteiger partial charge in [0, 0.05) is 29.6 Å². The van der Waals surface area contributed by atoms with Crippen molar-refractivity contribution < 1.29 is 4.74 Å². The standard InChI is InChI=1S/C16H18N2OS/c1-13-7-10-20-16(13)12-18-14-5-4-6-15(11-14)19-9-3-2-8-17/h4-7,10-11,18H,2-3,9,12H2,1H3. The quantitative estimate of drug-likeness (QED) is 0.770. The number of hydrogen-bond acceptors (Lipinski definition) is 4. The van der Waals surface area contributed by atoms with Gasteiger partial charge in [-0.1, -0.05) is 6.07 Å². The van der Waals surface area contributed by atoms with Crippen molar-refractivity contribution in [2.24, 2.45) is 0 Å². The largest absolute Gasteiger partial charge is 0.493 e. The Morgan fingerprint density at radius 3 is 3.00 bits per heavy atom. The van der Waals surface area contributed by atoms with Gasteiger partial charge >= 0.3 is 0 Å². The number of hydrogen-bond donors (Lipinski definition) is 1. The predicted molar refractivity (Wildman–Crippen MR) is 83.2 cm³/mol. The van der Waals surface area contributed by atoms with E-state index >= 15 is 0 Å². The van der Waals surface area contributed by atoms with Crippen LogP contribution in [0.15, 0.2) is 35.7 Å². The van der Waals surface area contributed by atoms with Crippen molar-refractivity contribution in [1.29, 1.82) is 5.26 Å². The third kappa shape index (κ3) is 4.29. The minimum atomic E-state index is 0.537. The van der Waals surface area contributed by atoms with Gasteiger partial charge in [0.05, 0.1) is 12.7 Å². The molecule has 0 fully saturated rings. The van der Waals surface area contributed by atoms with Crippen LogP contribution in [0.4, 0.5) is 5.69 Å². The monoisotopic (exact) mass is 286 g/mol. The Kier molecular flexibility index (Phi) is 5.45. The summed E-state index contributed by atoms with van der Waals surface area (Å²) in [6.45, 7) is 3.55. The van der Waals surface area contributed by atoms with Crippen LogP contribution in [-0.4, -0.2) is 6.61 Å². The average molecular weight is 286 g/mol. The maximum atomic E-state index is 8.48. The molecular weight excluding hydrogens is 268 g/mol. The van der Waals surface area contributed by atoms with Crippen molar-refractivity contribution in [3.8, 4) is 11.8 Å². The van der Waals surface area contributed by atoms with E-state index < -0.39 is 0 Å². The van der Waals surface area contributed by atoms with Gasteiger partial charge < -0.3 is 10.1 Å². The lowest BCUT2D eigenvalue weighted by Crippen LogP contribution is -2.00.